The van der Waals surface area contributed by atoms with Crippen LogP contribution in [0.5, 0.6) is 0 Å². The molecule has 0 amide bonds. The van der Waals surface area contributed by atoms with Crippen LogP contribution < -0.4 is 5.73 Å². The number of nitrogens with two attached hydrogens (primary N) is 1. The van der Waals surface area contributed by atoms with Crippen LogP contribution >= 0.6 is 11.3 Å². The maximum absolute atomic E-state index is 6.13. The normalized spacial score (nSPS) is 30.6. The molecule has 3 rings (SSSR count). The third kappa shape index (κ3) is 2.72. The lowest BCUT2D eigenvalue weighted by Crippen LogP contribution is -2.64. The Morgan fingerprint density at radius 3 is 2.79 bits per heavy atom. The highest BCUT2D eigenvalue weighted by Crippen LogP contribution is 2.45. The molecule has 2 aliphatic rings. The van der Waals surface area contributed by atoms with Crippen molar-refractivity contribution in [2.75, 3.05) is 13.2 Å². The quantitative estimate of drug-likeness (QED) is 0.834. The first kappa shape index (κ1) is 13.6. The fraction of sp³-hybridized carbons (Fsp3) is 0.733. The molecule has 0 atom stereocenters. The van der Waals surface area contributed by atoms with E-state index in [0.29, 0.717) is 6.10 Å². The molecule has 106 valence electrons. The van der Waals surface area contributed by atoms with E-state index in [1.54, 1.807) is 0 Å². The van der Waals surface area contributed by atoms with E-state index < -0.39 is 0 Å². The molecule has 2 N–H and O–H groups in total. The first-order valence-corrected chi connectivity index (χ1v) is 8.26. The molecule has 1 heterocycles. The van der Waals surface area contributed by atoms with Crippen molar-refractivity contribution in [1.82, 2.24) is 4.90 Å². The molecule has 0 saturated heterocycles. The van der Waals surface area contributed by atoms with Crippen molar-refractivity contribution in [3.63, 3.8) is 0 Å². The van der Waals surface area contributed by atoms with E-state index >= 15 is 0 Å². The maximum Gasteiger partial charge on any atom is 0.0611 e. The summed E-state index contributed by atoms with van der Waals surface area (Å²) in [5, 5.41) is 2.17. The van der Waals surface area contributed by atoms with Crippen LogP contribution in [0, 0.1) is 0 Å². The van der Waals surface area contributed by atoms with Crippen molar-refractivity contribution in [3.05, 3.63) is 22.4 Å². The molecule has 19 heavy (non-hydrogen) atoms. The Kier molecular flexibility index (Phi) is 3.94. The summed E-state index contributed by atoms with van der Waals surface area (Å²) in [4.78, 5) is 4.13. The van der Waals surface area contributed by atoms with Crippen molar-refractivity contribution >= 4 is 11.3 Å². The first-order chi connectivity index (χ1) is 9.27. The van der Waals surface area contributed by atoms with E-state index in [1.165, 1.54) is 17.7 Å². The molecule has 0 aromatic carbocycles. The van der Waals surface area contributed by atoms with E-state index in [0.717, 1.165) is 38.6 Å². The fourth-order valence-electron chi connectivity index (χ4n) is 3.30. The van der Waals surface area contributed by atoms with Crippen LogP contribution in [0.2, 0.25) is 0 Å². The predicted octanol–water partition coefficient (Wildman–Crippen LogP) is 2.61. The molecule has 0 aliphatic heterocycles. The zero-order valence-corrected chi connectivity index (χ0v) is 12.5. The maximum atomic E-state index is 6.13. The Hall–Kier alpha value is -0.420. The van der Waals surface area contributed by atoms with E-state index in [-0.39, 0.29) is 5.54 Å². The molecule has 1 aromatic heterocycles. The van der Waals surface area contributed by atoms with Gasteiger partial charge in [-0.2, -0.15) is 0 Å². The van der Waals surface area contributed by atoms with Crippen LogP contribution in [-0.4, -0.2) is 35.7 Å². The summed E-state index contributed by atoms with van der Waals surface area (Å²) >= 11 is 1.85. The Morgan fingerprint density at radius 2 is 2.26 bits per heavy atom. The topological polar surface area (TPSA) is 38.5 Å². The summed E-state index contributed by atoms with van der Waals surface area (Å²) in [6.07, 6.45) is 5.33. The Balaban J connectivity index is 1.68. The van der Waals surface area contributed by atoms with Crippen molar-refractivity contribution in [3.8, 4) is 0 Å². The second-order valence-electron chi connectivity index (χ2n) is 5.85. The lowest BCUT2D eigenvalue weighted by molar-refractivity contribution is -0.106. The fourth-order valence-corrected chi connectivity index (χ4v) is 4.00. The highest BCUT2D eigenvalue weighted by molar-refractivity contribution is 7.09. The average Bonchev–Trinajstić information content (AvgIpc) is 3.08. The number of ether oxygens (including phenoxy) is 1. The Bertz CT molecular complexity index is 396. The highest BCUT2D eigenvalue weighted by atomic mass is 32.1. The number of hydrogen-bond donors (Lipinski definition) is 1. The van der Waals surface area contributed by atoms with E-state index in [1.807, 2.05) is 11.3 Å². The van der Waals surface area contributed by atoms with Crippen molar-refractivity contribution < 1.29 is 4.74 Å². The SMILES string of the molecule is CCOC1CC(CN)(N(Cc2cccs2)C2CC2)C1. The van der Waals surface area contributed by atoms with Gasteiger partial charge >= 0.3 is 0 Å². The van der Waals surface area contributed by atoms with Crippen molar-refractivity contribution in [2.45, 2.75) is 56.8 Å². The molecule has 3 nitrogen and oxygen atoms in total. The lowest BCUT2D eigenvalue weighted by atomic mass is 9.72. The minimum atomic E-state index is 0.199. The third-order valence-corrected chi connectivity index (χ3v) is 5.36. The summed E-state index contributed by atoms with van der Waals surface area (Å²) in [7, 11) is 0. The van der Waals surface area contributed by atoms with E-state index in [9.17, 15) is 0 Å². The van der Waals surface area contributed by atoms with Crippen LogP contribution in [0.4, 0.5) is 0 Å². The van der Waals surface area contributed by atoms with Gasteiger partial charge in [-0.25, -0.2) is 0 Å². The number of nitrogens with zero attached hydrogens (tertiary/aromatic N) is 1. The minimum absolute atomic E-state index is 0.199. The van der Waals surface area contributed by atoms with Gasteiger partial charge in [-0.3, -0.25) is 4.90 Å². The summed E-state index contributed by atoms with van der Waals surface area (Å²) < 4.78 is 5.74. The monoisotopic (exact) mass is 280 g/mol. The second-order valence-corrected chi connectivity index (χ2v) is 6.88. The first-order valence-electron chi connectivity index (χ1n) is 7.38. The number of thiophene rings is 1. The van der Waals surface area contributed by atoms with Gasteiger partial charge in [0.1, 0.15) is 0 Å². The minimum Gasteiger partial charge on any atom is -0.378 e. The molecule has 4 heteroatoms. The molecule has 0 radical (unpaired) electrons. The van der Waals surface area contributed by atoms with Gasteiger partial charge < -0.3 is 10.5 Å². The zero-order chi connectivity index (χ0) is 13.3. The van der Waals surface area contributed by atoms with Crippen molar-refractivity contribution in [2.24, 2.45) is 5.73 Å². The lowest BCUT2D eigenvalue weighted by Gasteiger charge is -2.54. The molecule has 2 aliphatic carbocycles. The third-order valence-electron chi connectivity index (χ3n) is 4.50. The summed E-state index contributed by atoms with van der Waals surface area (Å²) in [5.41, 5.74) is 6.33. The van der Waals surface area contributed by atoms with Crippen LogP contribution in [0.3, 0.4) is 0 Å². The Labute approximate surface area is 119 Å². The summed E-state index contributed by atoms with van der Waals surface area (Å²) in [6.45, 7) is 4.73. The predicted molar refractivity (Wildman–Crippen MR) is 79.3 cm³/mol. The molecule has 0 spiro atoms. The van der Waals surface area contributed by atoms with Crippen LogP contribution in [-0.2, 0) is 11.3 Å². The van der Waals surface area contributed by atoms with Gasteiger partial charge in [-0.1, -0.05) is 6.07 Å². The molecular weight excluding hydrogens is 256 g/mol. The molecule has 1 aromatic rings. The molecule has 0 unspecified atom stereocenters. The van der Waals surface area contributed by atoms with Crippen LogP contribution in [0.1, 0.15) is 37.5 Å². The average molecular weight is 280 g/mol. The van der Waals surface area contributed by atoms with Gasteiger partial charge in [-0.15, -0.1) is 11.3 Å². The van der Waals surface area contributed by atoms with Gasteiger partial charge in [0.25, 0.3) is 0 Å². The Morgan fingerprint density at radius 1 is 1.47 bits per heavy atom. The molecular formula is C15H24N2OS. The smallest absolute Gasteiger partial charge is 0.0611 e. The summed E-state index contributed by atoms with van der Waals surface area (Å²) in [6, 6.07) is 5.14. The van der Waals surface area contributed by atoms with Gasteiger partial charge in [0.2, 0.25) is 0 Å². The van der Waals surface area contributed by atoms with Crippen molar-refractivity contribution in [1.29, 1.82) is 0 Å². The number of hydrogen-bond acceptors (Lipinski definition) is 4. The van der Waals surface area contributed by atoms with Crippen LogP contribution in [0.25, 0.3) is 0 Å². The molecule has 2 saturated carbocycles. The highest BCUT2D eigenvalue weighted by Gasteiger charge is 2.51. The number of rotatable bonds is 7. The van der Waals surface area contributed by atoms with Gasteiger partial charge in [0, 0.05) is 36.2 Å². The van der Waals surface area contributed by atoms with Gasteiger partial charge in [-0.05, 0) is 44.1 Å². The zero-order valence-electron chi connectivity index (χ0n) is 11.7. The largest absolute Gasteiger partial charge is 0.378 e. The van der Waals surface area contributed by atoms with E-state index in [4.69, 9.17) is 10.5 Å². The molecule has 2 fully saturated rings. The standard InChI is InChI=1S/C15H24N2OS/c1-2-18-13-8-15(9-13,11-16)17(12-5-6-12)10-14-4-3-7-19-14/h3-4,7,12-13H,2,5-6,8-11,16H2,1H3. The molecule has 0 bridgehead atoms. The van der Waals surface area contributed by atoms with E-state index in [2.05, 4.69) is 29.3 Å². The van der Waals surface area contributed by atoms with Gasteiger partial charge in [0.05, 0.1) is 6.10 Å². The summed E-state index contributed by atoms with van der Waals surface area (Å²) in [5.74, 6) is 0. The van der Waals surface area contributed by atoms with Gasteiger partial charge in [0.15, 0.2) is 0 Å². The van der Waals surface area contributed by atoms with Crippen LogP contribution in [0.15, 0.2) is 17.5 Å². The second kappa shape index (κ2) is 5.52.